The number of fused-ring (bicyclic) bond motifs is 2. The van der Waals surface area contributed by atoms with Gasteiger partial charge in [-0.05, 0) is 28.5 Å². The number of hydrogen-bond donors (Lipinski definition) is 1. The Morgan fingerprint density at radius 3 is 2.59 bits per heavy atom. The molecule has 3 aromatic carbocycles. The smallest absolute Gasteiger partial charge is 0.265 e. The quantitative estimate of drug-likeness (QED) is 0.749. The molecule has 5 nitrogen and oxygen atoms in total. The molecular formula is C24H25N3O2. The van der Waals surface area contributed by atoms with Crippen LogP contribution in [-0.2, 0) is 11.3 Å². The number of nitrogens with zero attached hydrogens (tertiary/aromatic N) is 2. The largest absolute Gasteiger partial charge is 0.477 e. The van der Waals surface area contributed by atoms with Gasteiger partial charge in [-0.1, -0.05) is 54.6 Å². The van der Waals surface area contributed by atoms with Gasteiger partial charge in [-0.25, -0.2) is 0 Å². The van der Waals surface area contributed by atoms with Crippen LogP contribution in [0.5, 0.6) is 5.75 Å². The molecular weight excluding hydrogens is 362 g/mol. The molecule has 2 heterocycles. The molecule has 29 heavy (non-hydrogen) atoms. The first-order valence-electron chi connectivity index (χ1n) is 10.3. The number of carbonyl (C=O) groups is 1. The summed E-state index contributed by atoms with van der Waals surface area (Å²) in [4.78, 5) is 17.3. The van der Waals surface area contributed by atoms with Crippen molar-refractivity contribution in [1.29, 1.82) is 0 Å². The first-order valence-corrected chi connectivity index (χ1v) is 10.3. The zero-order chi connectivity index (χ0) is 19.6. The molecule has 0 aliphatic carbocycles. The second kappa shape index (κ2) is 7.76. The average Bonchev–Trinajstić information content (AvgIpc) is 2.79. The first-order chi connectivity index (χ1) is 14.3. The molecule has 1 unspecified atom stereocenters. The third kappa shape index (κ3) is 3.66. The zero-order valence-corrected chi connectivity index (χ0v) is 16.4. The van der Waals surface area contributed by atoms with Crippen molar-refractivity contribution in [2.45, 2.75) is 12.6 Å². The minimum atomic E-state index is -0.450. The Kier molecular flexibility index (Phi) is 4.82. The number of hydrogen-bond acceptors (Lipinski definition) is 4. The molecule has 1 amide bonds. The third-order valence-electron chi connectivity index (χ3n) is 5.87. The fraction of sp³-hybridized carbons (Fsp3) is 0.292. The molecule has 1 fully saturated rings. The summed E-state index contributed by atoms with van der Waals surface area (Å²) >= 11 is 0. The highest BCUT2D eigenvalue weighted by Gasteiger charge is 2.31. The normalized spacial score (nSPS) is 19.3. The van der Waals surface area contributed by atoms with Crippen molar-refractivity contribution in [3.8, 4) is 5.75 Å². The van der Waals surface area contributed by atoms with E-state index in [4.69, 9.17) is 4.74 Å². The maximum Gasteiger partial charge on any atom is 0.265 e. The number of carbonyl (C=O) groups excluding carboxylic acids is 1. The summed E-state index contributed by atoms with van der Waals surface area (Å²) in [6.45, 7) is 4.68. The van der Waals surface area contributed by atoms with Crippen molar-refractivity contribution in [3.05, 3.63) is 72.3 Å². The Balaban J connectivity index is 1.20. The van der Waals surface area contributed by atoms with Gasteiger partial charge < -0.3 is 15.0 Å². The van der Waals surface area contributed by atoms with Crippen LogP contribution in [0.3, 0.4) is 0 Å². The monoisotopic (exact) mass is 387 g/mol. The minimum absolute atomic E-state index is 0.0804. The number of benzene rings is 3. The Morgan fingerprint density at radius 2 is 1.69 bits per heavy atom. The van der Waals surface area contributed by atoms with E-state index in [2.05, 4.69) is 52.7 Å². The highest BCUT2D eigenvalue weighted by molar-refractivity contribution is 5.85. The van der Waals surface area contributed by atoms with E-state index in [1.807, 2.05) is 29.2 Å². The fourth-order valence-electron chi connectivity index (χ4n) is 4.25. The van der Waals surface area contributed by atoms with E-state index < -0.39 is 6.10 Å². The number of piperazine rings is 1. The number of rotatable bonds is 3. The zero-order valence-electron chi connectivity index (χ0n) is 16.4. The Labute approximate surface area is 170 Å². The van der Waals surface area contributed by atoms with Gasteiger partial charge in [-0.3, -0.25) is 9.69 Å². The number of ether oxygens (including phenoxy) is 1. The summed E-state index contributed by atoms with van der Waals surface area (Å²) < 4.78 is 5.95. The van der Waals surface area contributed by atoms with Gasteiger partial charge in [0, 0.05) is 32.7 Å². The molecule has 1 saturated heterocycles. The number of anilines is 1. The van der Waals surface area contributed by atoms with Crippen LogP contribution in [0.2, 0.25) is 0 Å². The maximum absolute atomic E-state index is 12.9. The molecule has 2 aliphatic rings. The number of amides is 1. The second-order valence-corrected chi connectivity index (χ2v) is 7.72. The van der Waals surface area contributed by atoms with E-state index in [0.717, 1.165) is 44.2 Å². The summed E-state index contributed by atoms with van der Waals surface area (Å²) in [5.41, 5.74) is 2.30. The molecule has 0 spiro atoms. The van der Waals surface area contributed by atoms with Crippen LogP contribution in [0.25, 0.3) is 10.8 Å². The van der Waals surface area contributed by atoms with Crippen molar-refractivity contribution in [1.82, 2.24) is 9.80 Å². The molecule has 0 bridgehead atoms. The molecule has 0 aromatic heterocycles. The molecule has 0 radical (unpaired) electrons. The van der Waals surface area contributed by atoms with Crippen molar-refractivity contribution < 1.29 is 9.53 Å². The van der Waals surface area contributed by atoms with Gasteiger partial charge in [0.15, 0.2) is 6.10 Å². The topological polar surface area (TPSA) is 44.8 Å². The summed E-state index contributed by atoms with van der Waals surface area (Å²) in [5, 5.41) is 5.90. The minimum Gasteiger partial charge on any atom is -0.477 e. The molecule has 0 saturated carbocycles. The van der Waals surface area contributed by atoms with Crippen LogP contribution in [-0.4, -0.2) is 54.5 Å². The molecule has 5 rings (SSSR count). The standard InChI is InChI=1S/C24H25N3O2/c28-24(23-16-25-21-10-3-4-11-22(21)29-23)27-14-12-26(13-15-27)17-19-8-5-7-18-6-1-2-9-20(18)19/h1-11,23,25H,12-17H2. The van der Waals surface area contributed by atoms with E-state index >= 15 is 0 Å². The summed E-state index contributed by atoms with van der Waals surface area (Å²) in [6.07, 6.45) is -0.450. The molecule has 5 heteroatoms. The van der Waals surface area contributed by atoms with Crippen molar-refractivity contribution >= 4 is 22.4 Å². The van der Waals surface area contributed by atoms with Gasteiger partial charge in [0.2, 0.25) is 0 Å². The van der Waals surface area contributed by atoms with Gasteiger partial charge in [0.25, 0.3) is 5.91 Å². The van der Waals surface area contributed by atoms with Crippen LogP contribution >= 0.6 is 0 Å². The molecule has 1 atom stereocenters. The summed E-state index contributed by atoms with van der Waals surface area (Å²) in [7, 11) is 0. The highest BCUT2D eigenvalue weighted by Crippen LogP contribution is 2.29. The summed E-state index contributed by atoms with van der Waals surface area (Å²) in [6, 6.07) is 22.8. The first kappa shape index (κ1) is 18.0. The lowest BCUT2D eigenvalue weighted by molar-refractivity contribution is -0.140. The molecule has 3 aromatic rings. The van der Waals surface area contributed by atoms with E-state index in [1.165, 1.54) is 16.3 Å². The predicted molar refractivity (Wildman–Crippen MR) is 115 cm³/mol. The SMILES string of the molecule is O=C(C1CNc2ccccc2O1)N1CCN(Cc2cccc3ccccc23)CC1. The van der Waals surface area contributed by atoms with Gasteiger partial charge in [0.1, 0.15) is 5.75 Å². The van der Waals surface area contributed by atoms with Crippen molar-refractivity contribution in [3.63, 3.8) is 0 Å². The van der Waals surface area contributed by atoms with Gasteiger partial charge in [0.05, 0.1) is 12.2 Å². The van der Waals surface area contributed by atoms with Crippen LogP contribution in [0.15, 0.2) is 66.7 Å². The van der Waals surface area contributed by atoms with E-state index in [1.54, 1.807) is 0 Å². The third-order valence-corrected chi connectivity index (χ3v) is 5.87. The lowest BCUT2D eigenvalue weighted by atomic mass is 10.0. The summed E-state index contributed by atoms with van der Waals surface area (Å²) in [5.74, 6) is 0.837. The van der Waals surface area contributed by atoms with Crippen LogP contribution in [0.1, 0.15) is 5.56 Å². The highest BCUT2D eigenvalue weighted by atomic mass is 16.5. The maximum atomic E-state index is 12.9. The van der Waals surface area contributed by atoms with Crippen LogP contribution in [0.4, 0.5) is 5.69 Å². The lowest BCUT2D eigenvalue weighted by Crippen LogP contribution is -2.54. The van der Waals surface area contributed by atoms with Crippen LogP contribution < -0.4 is 10.1 Å². The molecule has 2 aliphatic heterocycles. The second-order valence-electron chi connectivity index (χ2n) is 7.72. The van der Waals surface area contributed by atoms with E-state index in [-0.39, 0.29) is 5.91 Å². The number of nitrogens with one attached hydrogen (secondary N) is 1. The van der Waals surface area contributed by atoms with Crippen LogP contribution in [0, 0.1) is 0 Å². The van der Waals surface area contributed by atoms with E-state index in [9.17, 15) is 4.79 Å². The molecule has 148 valence electrons. The predicted octanol–water partition coefficient (Wildman–Crippen LogP) is 3.36. The Bertz CT molecular complexity index is 1020. The Morgan fingerprint density at radius 1 is 0.931 bits per heavy atom. The van der Waals surface area contributed by atoms with Crippen molar-refractivity contribution in [2.75, 3.05) is 38.0 Å². The number of para-hydroxylation sites is 2. The Hall–Kier alpha value is -3.05. The fourth-order valence-corrected chi connectivity index (χ4v) is 4.25. The lowest BCUT2D eigenvalue weighted by Gasteiger charge is -2.37. The van der Waals surface area contributed by atoms with Gasteiger partial charge in [-0.15, -0.1) is 0 Å². The van der Waals surface area contributed by atoms with Gasteiger partial charge >= 0.3 is 0 Å². The van der Waals surface area contributed by atoms with Crippen molar-refractivity contribution in [2.24, 2.45) is 0 Å². The van der Waals surface area contributed by atoms with Gasteiger partial charge in [-0.2, -0.15) is 0 Å². The van der Waals surface area contributed by atoms with E-state index in [0.29, 0.717) is 6.54 Å². The molecule has 1 N–H and O–H groups in total. The average molecular weight is 387 g/mol.